The summed E-state index contributed by atoms with van der Waals surface area (Å²) in [7, 11) is 1.65. The highest BCUT2D eigenvalue weighted by atomic mass is 16.5. The van der Waals surface area contributed by atoms with Crippen molar-refractivity contribution in [2.45, 2.75) is 50.2 Å². The summed E-state index contributed by atoms with van der Waals surface area (Å²) in [6.07, 6.45) is 16.5. The van der Waals surface area contributed by atoms with E-state index in [2.05, 4.69) is 54.7 Å². The van der Waals surface area contributed by atoms with Crippen LogP contribution in [0.2, 0.25) is 0 Å². The number of dihydropyridines is 1. The second kappa shape index (κ2) is 8.14. The van der Waals surface area contributed by atoms with Crippen LogP contribution in [0.1, 0.15) is 36.8 Å². The summed E-state index contributed by atoms with van der Waals surface area (Å²) >= 11 is 0. The number of hydrogen-bond donors (Lipinski definition) is 3. The minimum Gasteiger partial charge on any atom is -0.481 e. The molecule has 6 heterocycles. The van der Waals surface area contributed by atoms with E-state index >= 15 is 0 Å². The predicted molar refractivity (Wildman–Crippen MR) is 133 cm³/mol. The van der Waals surface area contributed by atoms with Gasteiger partial charge in [-0.25, -0.2) is 4.98 Å². The number of methoxy groups -OCH3 is 1. The maximum absolute atomic E-state index is 9.68. The van der Waals surface area contributed by atoms with E-state index in [-0.39, 0.29) is 10.8 Å². The molecule has 9 nitrogen and oxygen atoms in total. The fraction of sp³-hybridized carbons (Fsp3) is 0.556. The second-order valence-corrected chi connectivity index (χ2v) is 11.6. The molecule has 4 aliphatic heterocycles. The van der Waals surface area contributed by atoms with Crippen molar-refractivity contribution >= 4 is 5.57 Å². The fourth-order valence-electron chi connectivity index (χ4n) is 7.31. The standard InChI is InChI=1S/C27H34N6O3/c1-35-24-3-2-19(7-28-24)11-33-22-6-23(33)13-32(12-22)27(36-18-26-14-25(15-26,16-26)17-34)5-4-20(8-29-27)21-9-30-31-10-21/h2-5,7-10,22-23,29,34H,6,11-18H2,1H3,(H,30,31). The van der Waals surface area contributed by atoms with Gasteiger partial charge in [0.15, 0.2) is 0 Å². The zero-order valence-corrected chi connectivity index (χ0v) is 20.7. The zero-order chi connectivity index (χ0) is 24.4. The Balaban J connectivity index is 1.05. The first-order valence-corrected chi connectivity index (χ1v) is 12.9. The van der Waals surface area contributed by atoms with Gasteiger partial charge in [0.05, 0.1) is 19.9 Å². The lowest BCUT2D eigenvalue weighted by molar-refractivity contribution is -0.281. The van der Waals surface area contributed by atoms with Crippen LogP contribution in [0.3, 0.4) is 0 Å². The van der Waals surface area contributed by atoms with Gasteiger partial charge in [0.25, 0.3) is 0 Å². The molecule has 9 rings (SSSR count). The minimum absolute atomic E-state index is 0.185. The van der Waals surface area contributed by atoms with E-state index in [1.807, 2.05) is 24.7 Å². The molecule has 190 valence electrons. The van der Waals surface area contributed by atoms with Crippen molar-refractivity contribution in [2.24, 2.45) is 10.8 Å². The molecule has 3 aliphatic carbocycles. The summed E-state index contributed by atoms with van der Waals surface area (Å²) in [4.78, 5) is 9.45. The highest BCUT2D eigenvalue weighted by Gasteiger charge is 2.67. The molecule has 2 aromatic heterocycles. The van der Waals surface area contributed by atoms with Crippen molar-refractivity contribution in [3.8, 4) is 5.88 Å². The van der Waals surface area contributed by atoms with Crippen LogP contribution in [-0.2, 0) is 11.3 Å². The smallest absolute Gasteiger partial charge is 0.218 e. The fourth-order valence-corrected chi connectivity index (χ4v) is 7.31. The molecule has 0 radical (unpaired) electrons. The number of allylic oxidation sites excluding steroid dienone is 2. The average molecular weight is 491 g/mol. The molecule has 3 N–H and O–H groups in total. The van der Waals surface area contributed by atoms with Gasteiger partial charge in [-0.1, -0.05) is 12.1 Å². The third-order valence-corrected chi connectivity index (χ3v) is 9.12. The Kier molecular flexibility index (Phi) is 5.08. The zero-order valence-electron chi connectivity index (χ0n) is 20.7. The third kappa shape index (κ3) is 3.52. The van der Waals surface area contributed by atoms with Gasteiger partial charge in [0.1, 0.15) is 0 Å². The number of ether oxygens (including phenoxy) is 2. The largest absolute Gasteiger partial charge is 0.481 e. The lowest BCUT2D eigenvalue weighted by Gasteiger charge is -2.70. The van der Waals surface area contributed by atoms with Crippen LogP contribution >= 0.6 is 0 Å². The molecule has 0 amide bonds. The van der Waals surface area contributed by atoms with Crippen LogP contribution in [-0.4, -0.2) is 81.4 Å². The topological polar surface area (TPSA) is 98.8 Å². The van der Waals surface area contributed by atoms with Gasteiger partial charge < -0.3 is 19.9 Å². The average Bonchev–Trinajstić information content (AvgIpc) is 3.42. The summed E-state index contributed by atoms with van der Waals surface area (Å²) in [5.74, 6) is -0.000791. The van der Waals surface area contributed by atoms with Crippen LogP contribution < -0.4 is 10.1 Å². The van der Waals surface area contributed by atoms with Gasteiger partial charge in [-0.2, -0.15) is 5.10 Å². The van der Waals surface area contributed by atoms with Gasteiger partial charge in [0, 0.05) is 74.1 Å². The number of aliphatic hydroxyl groups excluding tert-OH is 1. The van der Waals surface area contributed by atoms with E-state index in [4.69, 9.17) is 9.47 Å². The van der Waals surface area contributed by atoms with Gasteiger partial charge in [0.2, 0.25) is 11.7 Å². The second-order valence-electron chi connectivity index (χ2n) is 11.6. The summed E-state index contributed by atoms with van der Waals surface area (Å²) in [6, 6.07) is 5.03. The molecule has 3 saturated heterocycles. The summed E-state index contributed by atoms with van der Waals surface area (Å²) in [5, 5.41) is 20.3. The summed E-state index contributed by atoms with van der Waals surface area (Å²) in [5.41, 5.74) is 3.78. The maximum atomic E-state index is 9.68. The Bertz CT molecular complexity index is 1150. The minimum atomic E-state index is -0.653. The van der Waals surface area contributed by atoms with Crippen molar-refractivity contribution in [1.82, 2.24) is 30.3 Å². The number of aromatic amines is 1. The molecule has 7 aliphatic rings. The first-order valence-electron chi connectivity index (χ1n) is 12.9. The quantitative estimate of drug-likeness (QED) is 0.492. The molecule has 9 heteroatoms. The first kappa shape index (κ1) is 22.5. The third-order valence-electron chi connectivity index (χ3n) is 9.12. The number of rotatable bonds is 9. The van der Waals surface area contributed by atoms with Crippen molar-refractivity contribution in [3.63, 3.8) is 0 Å². The van der Waals surface area contributed by atoms with E-state index in [0.717, 1.165) is 50.0 Å². The number of piperazine rings is 1. The van der Waals surface area contributed by atoms with Gasteiger partial charge in [-0.05, 0) is 48.2 Å². The molecule has 4 bridgehead atoms. The van der Waals surface area contributed by atoms with E-state index in [1.165, 1.54) is 12.0 Å². The van der Waals surface area contributed by atoms with Gasteiger partial charge >= 0.3 is 0 Å². The van der Waals surface area contributed by atoms with Crippen LogP contribution in [0.5, 0.6) is 5.88 Å². The van der Waals surface area contributed by atoms with Crippen LogP contribution in [0.15, 0.2) is 49.1 Å². The molecule has 6 fully saturated rings. The molecule has 36 heavy (non-hydrogen) atoms. The first-order chi connectivity index (χ1) is 17.5. The molecule has 3 unspecified atom stereocenters. The maximum Gasteiger partial charge on any atom is 0.218 e. The number of pyridine rings is 1. The van der Waals surface area contributed by atoms with E-state index < -0.39 is 5.85 Å². The number of fused-ring (bicyclic) bond motifs is 2. The summed E-state index contributed by atoms with van der Waals surface area (Å²) < 4.78 is 12.0. The number of aromatic nitrogens is 3. The Labute approximate surface area is 211 Å². The van der Waals surface area contributed by atoms with Crippen molar-refractivity contribution in [3.05, 3.63) is 60.2 Å². The number of nitrogens with zero attached hydrogens (tertiary/aromatic N) is 4. The number of nitrogens with one attached hydrogen (secondary N) is 2. The van der Waals surface area contributed by atoms with Gasteiger partial charge in [-0.3, -0.25) is 14.9 Å². The number of aliphatic hydroxyl groups is 1. The van der Waals surface area contributed by atoms with E-state index in [1.54, 1.807) is 7.11 Å². The molecule has 0 spiro atoms. The molecule has 3 saturated carbocycles. The number of H-pyrrole nitrogens is 1. The Morgan fingerprint density at radius 1 is 1.14 bits per heavy atom. The van der Waals surface area contributed by atoms with Crippen molar-refractivity contribution < 1.29 is 14.6 Å². The number of piperidine rings is 1. The lowest BCUT2D eigenvalue weighted by Crippen LogP contribution is -2.75. The number of hydrogen-bond acceptors (Lipinski definition) is 8. The van der Waals surface area contributed by atoms with Crippen LogP contribution in [0.4, 0.5) is 0 Å². The monoisotopic (exact) mass is 490 g/mol. The highest BCUT2D eigenvalue weighted by Crippen LogP contribution is 2.73. The van der Waals surface area contributed by atoms with E-state index in [9.17, 15) is 5.11 Å². The Hall–Kier alpha value is -2.72. The molecular formula is C27H34N6O3. The Morgan fingerprint density at radius 2 is 1.97 bits per heavy atom. The molecule has 3 atom stereocenters. The molecular weight excluding hydrogens is 456 g/mol. The van der Waals surface area contributed by atoms with Crippen molar-refractivity contribution in [1.29, 1.82) is 0 Å². The molecule has 2 aromatic rings. The van der Waals surface area contributed by atoms with Gasteiger partial charge in [-0.15, -0.1) is 0 Å². The van der Waals surface area contributed by atoms with Crippen molar-refractivity contribution in [2.75, 3.05) is 33.4 Å². The van der Waals surface area contributed by atoms with E-state index in [0.29, 0.717) is 31.2 Å². The summed E-state index contributed by atoms with van der Waals surface area (Å²) in [6.45, 7) is 3.83. The molecule has 0 aromatic carbocycles. The lowest BCUT2D eigenvalue weighted by atomic mass is 9.36. The Morgan fingerprint density at radius 3 is 2.58 bits per heavy atom. The normalized spacial score (nSPS) is 36.8. The SMILES string of the molecule is COc1ccc(CN2C3CC2CN(C2(OCC45CC(CO)(C4)C5)C=CC(c4cn[nH]c4)=CN2)C3)cn1. The van der Waals surface area contributed by atoms with Crippen LogP contribution in [0, 0.1) is 10.8 Å². The predicted octanol–water partition coefficient (Wildman–Crippen LogP) is 2.11. The highest BCUT2D eigenvalue weighted by molar-refractivity contribution is 5.74. The van der Waals surface area contributed by atoms with Crippen LogP contribution in [0.25, 0.3) is 5.57 Å².